The van der Waals surface area contributed by atoms with Crippen molar-refractivity contribution in [1.82, 2.24) is 0 Å². The lowest BCUT2D eigenvalue weighted by Gasteiger charge is -2.32. The van der Waals surface area contributed by atoms with E-state index in [4.69, 9.17) is 14.0 Å². The average molecular weight is 374 g/mol. The lowest BCUT2D eigenvalue weighted by atomic mass is 9.82. The summed E-state index contributed by atoms with van der Waals surface area (Å²) in [6.07, 6.45) is -4.05. The maximum Gasteiger partial charge on any atom is 0.457 e. The molecule has 1 N–H and O–H groups in total. The molecule has 0 aliphatic carbocycles. The number of ether oxygens (including phenoxy) is 1. The highest BCUT2D eigenvalue weighted by molar-refractivity contribution is 6.45. The highest BCUT2D eigenvalue weighted by Crippen LogP contribution is 2.38. The first-order chi connectivity index (χ1) is 11.9. The monoisotopic (exact) mass is 374 g/mol. The molecule has 1 atom stereocenters. The Balaban J connectivity index is 1.69. The van der Waals surface area contributed by atoms with E-state index in [1.165, 1.54) is 12.1 Å². The number of halogens is 3. The smallest absolute Gasteiger partial charge is 0.403 e. The molecule has 1 aromatic rings. The fourth-order valence-electron chi connectivity index (χ4n) is 2.60. The summed E-state index contributed by atoms with van der Waals surface area (Å²) >= 11 is 0. The van der Waals surface area contributed by atoms with Crippen molar-refractivity contribution >= 4 is 7.12 Å². The van der Waals surface area contributed by atoms with E-state index in [1.54, 1.807) is 0 Å². The van der Waals surface area contributed by atoms with Gasteiger partial charge < -0.3 is 19.2 Å². The van der Waals surface area contributed by atoms with Crippen molar-refractivity contribution in [1.29, 1.82) is 0 Å². The van der Waals surface area contributed by atoms with E-state index >= 15 is 0 Å². The maximum atomic E-state index is 12.5. The van der Waals surface area contributed by atoms with Crippen LogP contribution >= 0.6 is 0 Å². The van der Waals surface area contributed by atoms with E-state index in [0.29, 0.717) is 18.3 Å². The third kappa shape index (κ3) is 5.46. The van der Waals surface area contributed by atoms with Crippen molar-refractivity contribution in [3.05, 3.63) is 35.4 Å². The Hall–Kier alpha value is -1.09. The Morgan fingerprint density at radius 2 is 1.62 bits per heavy atom. The Kier molecular flexibility index (Phi) is 6.43. The van der Waals surface area contributed by atoms with E-state index in [1.807, 2.05) is 27.7 Å². The van der Waals surface area contributed by atoms with Crippen LogP contribution < -0.4 is 0 Å². The molecule has 1 fully saturated rings. The summed E-state index contributed by atoms with van der Waals surface area (Å²) in [6, 6.07) is 4.79. The molecule has 1 saturated heterocycles. The van der Waals surface area contributed by atoms with Crippen LogP contribution in [0.15, 0.2) is 24.3 Å². The number of hydrogen-bond donors (Lipinski definition) is 1. The molecule has 0 amide bonds. The molecule has 2 rings (SSSR count). The first-order valence-electron chi connectivity index (χ1n) is 8.68. The molecule has 8 heteroatoms. The highest BCUT2D eigenvalue weighted by atomic mass is 19.4. The molecule has 26 heavy (non-hydrogen) atoms. The molecule has 0 spiro atoms. The van der Waals surface area contributed by atoms with Gasteiger partial charge in [-0.25, -0.2) is 0 Å². The van der Waals surface area contributed by atoms with Gasteiger partial charge in [-0.3, -0.25) is 0 Å². The Morgan fingerprint density at radius 3 is 2.12 bits per heavy atom. The Morgan fingerprint density at radius 1 is 1.08 bits per heavy atom. The molecule has 0 radical (unpaired) electrons. The maximum absolute atomic E-state index is 12.5. The van der Waals surface area contributed by atoms with Crippen LogP contribution in [0.5, 0.6) is 0 Å². The average Bonchev–Trinajstić information content (AvgIpc) is 2.72. The van der Waals surface area contributed by atoms with Gasteiger partial charge >= 0.3 is 13.3 Å². The minimum absolute atomic E-state index is 0.0977. The standard InChI is InChI=1S/C18H26BF3O4/c1-16(2)17(3,4)26-19(25-16)10-9-15(23)12-24-11-13-5-7-14(8-6-13)18(20,21)22/h5-8,15,23H,9-12H2,1-4H3. The molecule has 0 saturated carbocycles. The van der Waals surface area contributed by atoms with Crippen molar-refractivity contribution in [2.45, 2.75) is 70.5 Å². The van der Waals surface area contributed by atoms with Crippen LogP contribution in [-0.4, -0.2) is 36.1 Å². The van der Waals surface area contributed by atoms with E-state index in [9.17, 15) is 18.3 Å². The van der Waals surface area contributed by atoms with E-state index < -0.39 is 29.0 Å². The molecule has 1 aliphatic heterocycles. The molecular formula is C18H26BF3O4. The zero-order valence-electron chi connectivity index (χ0n) is 15.6. The molecule has 1 heterocycles. The van der Waals surface area contributed by atoms with Gasteiger partial charge in [-0.05, 0) is 58.1 Å². The number of benzene rings is 1. The zero-order valence-corrected chi connectivity index (χ0v) is 15.6. The van der Waals surface area contributed by atoms with Gasteiger partial charge in [-0.2, -0.15) is 13.2 Å². The SMILES string of the molecule is CC1(C)OB(CCC(O)COCc2ccc(C(F)(F)F)cc2)OC1(C)C. The number of aliphatic hydroxyl groups is 1. The van der Waals surface area contributed by atoms with Gasteiger partial charge in [0, 0.05) is 0 Å². The van der Waals surface area contributed by atoms with Crippen LogP contribution in [0.25, 0.3) is 0 Å². The third-order valence-electron chi connectivity index (χ3n) is 4.90. The molecular weight excluding hydrogens is 348 g/mol. The van der Waals surface area contributed by atoms with Gasteiger partial charge in [0.1, 0.15) is 0 Å². The van der Waals surface area contributed by atoms with Crippen molar-refractivity contribution in [2.75, 3.05) is 6.61 Å². The van der Waals surface area contributed by atoms with Crippen molar-refractivity contribution in [3.8, 4) is 0 Å². The van der Waals surface area contributed by atoms with E-state index in [2.05, 4.69) is 0 Å². The largest absolute Gasteiger partial charge is 0.457 e. The molecule has 1 unspecified atom stereocenters. The van der Waals surface area contributed by atoms with E-state index in [-0.39, 0.29) is 20.3 Å². The van der Waals surface area contributed by atoms with Crippen LogP contribution in [0.3, 0.4) is 0 Å². The summed E-state index contributed by atoms with van der Waals surface area (Å²) < 4.78 is 54.6. The van der Waals surface area contributed by atoms with Gasteiger partial charge in [-0.1, -0.05) is 12.1 Å². The minimum atomic E-state index is -4.34. The molecule has 0 aromatic heterocycles. The van der Waals surface area contributed by atoms with Crippen molar-refractivity contribution < 1.29 is 32.3 Å². The van der Waals surface area contributed by atoms with Gasteiger partial charge in [-0.15, -0.1) is 0 Å². The first-order valence-corrected chi connectivity index (χ1v) is 8.68. The van der Waals surface area contributed by atoms with Gasteiger partial charge in [0.2, 0.25) is 0 Å². The quantitative estimate of drug-likeness (QED) is 0.732. The molecule has 4 nitrogen and oxygen atoms in total. The summed E-state index contributed by atoms with van der Waals surface area (Å²) in [5, 5.41) is 10.0. The normalized spacial score (nSPS) is 20.4. The fraction of sp³-hybridized carbons (Fsp3) is 0.667. The second-order valence-corrected chi connectivity index (χ2v) is 7.63. The lowest BCUT2D eigenvalue weighted by Crippen LogP contribution is -2.41. The van der Waals surface area contributed by atoms with Crippen LogP contribution in [0, 0.1) is 0 Å². The van der Waals surface area contributed by atoms with Crippen molar-refractivity contribution in [2.24, 2.45) is 0 Å². The summed E-state index contributed by atoms with van der Waals surface area (Å²) in [6.45, 7) is 8.12. The highest BCUT2D eigenvalue weighted by Gasteiger charge is 2.50. The van der Waals surface area contributed by atoms with E-state index in [0.717, 1.165) is 12.1 Å². The molecule has 1 aromatic carbocycles. The fourth-order valence-corrected chi connectivity index (χ4v) is 2.60. The van der Waals surface area contributed by atoms with Crippen LogP contribution in [0.1, 0.15) is 45.2 Å². The summed E-state index contributed by atoms with van der Waals surface area (Å²) in [7, 11) is -0.371. The minimum Gasteiger partial charge on any atom is -0.403 e. The molecule has 1 aliphatic rings. The second-order valence-electron chi connectivity index (χ2n) is 7.63. The van der Waals surface area contributed by atoms with Crippen LogP contribution in [-0.2, 0) is 26.8 Å². The van der Waals surface area contributed by atoms with Gasteiger partial charge in [0.25, 0.3) is 0 Å². The second kappa shape index (κ2) is 7.88. The number of hydrogen-bond acceptors (Lipinski definition) is 4. The Bertz CT molecular complexity index is 571. The third-order valence-corrected chi connectivity index (χ3v) is 4.90. The number of rotatable bonds is 7. The van der Waals surface area contributed by atoms with Crippen LogP contribution in [0.2, 0.25) is 6.32 Å². The lowest BCUT2D eigenvalue weighted by molar-refractivity contribution is -0.137. The summed E-state index contributed by atoms with van der Waals surface area (Å²) in [4.78, 5) is 0. The number of aliphatic hydroxyl groups excluding tert-OH is 1. The molecule has 146 valence electrons. The summed E-state index contributed by atoms with van der Waals surface area (Å²) in [5.41, 5.74) is -0.872. The predicted molar refractivity (Wildman–Crippen MR) is 92.6 cm³/mol. The number of alkyl halides is 3. The Labute approximate surface area is 152 Å². The molecule has 0 bridgehead atoms. The first kappa shape index (κ1) is 21.2. The predicted octanol–water partition coefficient (Wildman–Crippen LogP) is 4.07. The van der Waals surface area contributed by atoms with Gasteiger partial charge in [0.15, 0.2) is 0 Å². The van der Waals surface area contributed by atoms with Gasteiger partial charge in [0.05, 0.1) is 36.1 Å². The topological polar surface area (TPSA) is 47.9 Å². The van der Waals surface area contributed by atoms with Crippen LogP contribution in [0.4, 0.5) is 13.2 Å². The summed E-state index contributed by atoms with van der Waals surface area (Å²) in [5.74, 6) is 0. The van der Waals surface area contributed by atoms with Crippen molar-refractivity contribution in [3.63, 3.8) is 0 Å². The zero-order chi connectivity index (χ0) is 19.6.